The molecule has 6 heteroatoms. The Kier molecular flexibility index (Phi) is 2.94. The molecule has 1 unspecified atom stereocenters. The van der Waals surface area contributed by atoms with Gasteiger partial charge in [-0.3, -0.25) is 0 Å². The number of nitrogens with one attached hydrogen (secondary N) is 1. The van der Waals surface area contributed by atoms with Crippen LogP contribution >= 0.6 is 0 Å². The minimum atomic E-state index is -3.21. The molecule has 88 valence electrons. The Hall–Kier alpha value is -1.01. The van der Waals surface area contributed by atoms with Gasteiger partial charge in [0.05, 0.1) is 17.5 Å². The van der Waals surface area contributed by atoms with E-state index in [1.54, 1.807) is 0 Å². The lowest BCUT2D eigenvalue weighted by molar-refractivity contribution is 0.479. The molecule has 1 aromatic carbocycles. The third kappa shape index (κ3) is 2.22. The molecule has 1 aliphatic heterocycles. The number of hydrogen-bond donors (Lipinski definition) is 1. The van der Waals surface area contributed by atoms with Gasteiger partial charge >= 0.3 is 0 Å². The number of halogens is 2. The molecular weight excluding hydrogens is 236 g/mol. The van der Waals surface area contributed by atoms with Crippen molar-refractivity contribution < 1.29 is 17.2 Å². The van der Waals surface area contributed by atoms with Crippen molar-refractivity contribution in [1.29, 1.82) is 0 Å². The van der Waals surface area contributed by atoms with Crippen molar-refractivity contribution in [1.82, 2.24) is 5.32 Å². The number of sulfone groups is 1. The van der Waals surface area contributed by atoms with Gasteiger partial charge in [0.15, 0.2) is 9.84 Å². The lowest BCUT2D eigenvalue weighted by atomic mass is 10.1. The molecular formula is C10H11F2NO2S. The average Bonchev–Trinajstić information content (AvgIpc) is 2.15. The maximum atomic E-state index is 13.4. The maximum Gasteiger partial charge on any atom is 0.153 e. The highest BCUT2D eigenvalue weighted by Crippen LogP contribution is 2.24. The molecule has 0 aromatic heterocycles. The summed E-state index contributed by atoms with van der Waals surface area (Å²) in [7, 11) is -3.21. The highest BCUT2D eigenvalue weighted by Gasteiger charge is 2.29. The van der Waals surface area contributed by atoms with Gasteiger partial charge in [0.1, 0.15) is 11.6 Å². The van der Waals surface area contributed by atoms with Crippen LogP contribution in [0.5, 0.6) is 0 Å². The third-order valence-corrected chi connectivity index (χ3v) is 4.24. The summed E-state index contributed by atoms with van der Waals surface area (Å²) in [6.07, 6.45) is 0. The first-order chi connectivity index (χ1) is 7.49. The zero-order chi connectivity index (χ0) is 11.8. The normalized spacial score (nSPS) is 24.2. The smallest absolute Gasteiger partial charge is 0.153 e. The Bertz CT molecular complexity index is 481. The van der Waals surface area contributed by atoms with E-state index in [1.165, 1.54) is 6.07 Å². The average molecular weight is 247 g/mol. The summed E-state index contributed by atoms with van der Waals surface area (Å²) in [5, 5.41) is 2.81. The monoisotopic (exact) mass is 247 g/mol. The first-order valence-electron chi connectivity index (χ1n) is 4.87. The molecule has 16 heavy (non-hydrogen) atoms. The zero-order valence-corrected chi connectivity index (χ0v) is 9.23. The molecule has 0 aliphatic carbocycles. The van der Waals surface area contributed by atoms with Crippen molar-refractivity contribution >= 4 is 9.84 Å². The Morgan fingerprint density at radius 1 is 1.25 bits per heavy atom. The van der Waals surface area contributed by atoms with Gasteiger partial charge in [-0.15, -0.1) is 0 Å². The van der Waals surface area contributed by atoms with Crippen molar-refractivity contribution in [2.24, 2.45) is 0 Å². The van der Waals surface area contributed by atoms with E-state index in [4.69, 9.17) is 0 Å². The van der Waals surface area contributed by atoms with Gasteiger partial charge < -0.3 is 5.32 Å². The van der Waals surface area contributed by atoms with Crippen LogP contribution in [-0.2, 0) is 9.84 Å². The first-order valence-corrected chi connectivity index (χ1v) is 6.69. The van der Waals surface area contributed by atoms with Crippen LogP contribution in [0.2, 0.25) is 0 Å². The third-order valence-electron chi connectivity index (χ3n) is 2.57. The van der Waals surface area contributed by atoms with Crippen molar-refractivity contribution in [2.75, 3.05) is 18.1 Å². The van der Waals surface area contributed by atoms with E-state index < -0.39 is 27.5 Å². The summed E-state index contributed by atoms with van der Waals surface area (Å²) in [5.74, 6) is -1.67. The SMILES string of the molecule is O=S1(=O)CCNC(c2c(F)cccc2F)C1. The van der Waals surface area contributed by atoms with Crippen molar-refractivity contribution in [3.8, 4) is 0 Å². The second-order valence-electron chi connectivity index (χ2n) is 3.76. The van der Waals surface area contributed by atoms with Crippen LogP contribution in [0.4, 0.5) is 8.78 Å². The predicted octanol–water partition coefficient (Wildman–Crippen LogP) is 1.02. The van der Waals surface area contributed by atoms with Crippen molar-refractivity contribution in [3.63, 3.8) is 0 Å². The molecule has 3 nitrogen and oxygen atoms in total. The van der Waals surface area contributed by atoms with Crippen LogP contribution in [-0.4, -0.2) is 26.5 Å². The molecule has 0 spiro atoms. The lowest BCUT2D eigenvalue weighted by Gasteiger charge is -2.24. The molecule has 1 N–H and O–H groups in total. The minimum Gasteiger partial charge on any atom is -0.308 e. The van der Waals surface area contributed by atoms with E-state index in [9.17, 15) is 17.2 Å². The highest BCUT2D eigenvalue weighted by atomic mass is 32.2. The molecule has 0 radical (unpaired) electrons. The van der Waals surface area contributed by atoms with Gasteiger partial charge in [0.2, 0.25) is 0 Å². The zero-order valence-electron chi connectivity index (χ0n) is 8.41. The Labute approximate surface area is 92.4 Å². The Morgan fingerprint density at radius 3 is 2.44 bits per heavy atom. The molecule has 1 heterocycles. The molecule has 0 bridgehead atoms. The summed E-state index contributed by atoms with van der Waals surface area (Å²) in [5.41, 5.74) is -0.189. The largest absolute Gasteiger partial charge is 0.308 e. The van der Waals surface area contributed by atoms with Gasteiger partial charge in [0, 0.05) is 12.1 Å². The Balaban J connectivity index is 2.37. The van der Waals surface area contributed by atoms with Crippen LogP contribution in [0.3, 0.4) is 0 Å². The molecule has 1 aromatic rings. The molecule has 0 amide bonds. The summed E-state index contributed by atoms with van der Waals surface area (Å²) < 4.78 is 49.6. The van der Waals surface area contributed by atoms with Crippen LogP contribution in [0.1, 0.15) is 11.6 Å². The molecule has 2 rings (SSSR count). The van der Waals surface area contributed by atoms with Gasteiger partial charge in [-0.1, -0.05) is 6.07 Å². The first kappa shape index (κ1) is 11.5. The maximum absolute atomic E-state index is 13.4. The number of rotatable bonds is 1. The lowest BCUT2D eigenvalue weighted by Crippen LogP contribution is -2.39. The second kappa shape index (κ2) is 4.10. The van der Waals surface area contributed by atoms with Crippen LogP contribution in [0, 0.1) is 11.6 Å². The fourth-order valence-electron chi connectivity index (χ4n) is 1.81. The van der Waals surface area contributed by atoms with Gasteiger partial charge in [0.25, 0.3) is 0 Å². The standard InChI is InChI=1S/C10H11F2NO2S/c11-7-2-1-3-8(12)10(7)9-6-16(14,15)5-4-13-9/h1-3,9,13H,4-6H2. The molecule has 1 atom stereocenters. The fraction of sp³-hybridized carbons (Fsp3) is 0.400. The van der Waals surface area contributed by atoms with Crippen molar-refractivity contribution in [2.45, 2.75) is 6.04 Å². The van der Waals surface area contributed by atoms with Crippen LogP contribution < -0.4 is 5.32 Å². The van der Waals surface area contributed by atoms with Crippen LogP contribution in [0.25, 0.3) is 0 Å². The van der Waals surface area contributed by atoms with Gasteiger partial charge in [-0.05, 0) is 12.1 Å². The predicted molar refractivity (Wildman–Crippen MR) is 55.8 cm³/mol. The quantitative estimate of drug-likeness (QED) is 0.806. The van der Waals surface area contributed by atoms with Crippen molar-refractivity contribution in [3.05, 3.63) is 35.4 Å². The summed E-state index contributed by atoms with van der Waals surface area (Å²) in [6, 6.07) is 2.72. The van der Waals surface area contributed by atoms with E-state index in [2.05, 4.69) is 5.32 Å². The summed E-state index contributed by atoms with van der Waals surface area (Å²) in [4.78, 5) is 0. The van der Waals surface area contributed by atoms with E-state index in [0.29, 0.717) is 0 Å². The van der Waals surface area contributed by atoms with Crippen LogP contribution in [0.15, 0.2) is 18.2 Å². The second-order valence-corrected chi connectivity index (χ2v) is 5.99. The van der Waals surface area contributed by atoms with E-state index >= 15 is 0 Å². The molecule has 1 saturated heterocycles. The van der Waals surface area contributed by atoms with E-state index in [1.807, 2.05) is 0 Å². The van der Waals surface area contributed by atoms with E-state index in [-0.39, 0.29) is 23.6 Å². The Morgan fingerprint density at radius 2 is 1.88 bits per heavy atom. The number of benzene rings is 1. The van der Waals surface area contributed by atoms with Gasteiger partial charge in [-0.2, -0.15) is 0 Å². The molecule has 0 saturated carbocycles. The highest BCUT2D eigenvalue weighted by molar-refractivity contribution is 7.91. The minimum absolute atomic E-state index is 0.0135. The molecule has 1 aliphatic rings. The van der Waals surface area contributed by atoms with Gasteiger partial charge in [-0.25, -0.2) is 17.2 Å². The number of hydrogen-bond acceptors (Lipinski definition) is 3. The van der Waals surface area contributed by atoms with E-state index in [0.717, 1.165) is 12.1 Å². The summed E-state index contributed by atoms with van der Waals surface area (Å²) >= 11 is 0. The fourth-order valence-corrected chi connectivity index (χ4v) is 3.20. The summed E-state index contributed by atoms with van der Waals surface area (Å²) in [6.45, 7) is 0.223. The molecule has 1 fully saturated rings. The topological polar surface area (TPSA) is 46.2 Å².